The predicted octanol–water partition coefficient (Wildman–Crippen LogP) is 2.76. The number of fused-ring (bicyclic) bond motifs is 2. The maximum Gasteiger partial charge on any atom is 0.287 e. The zero-order chi connectivity index (χ0) is 15.1. The minimum absolute atomic E-state index is 0.210. The number of aromatic nitrogens is 4. The van der Waals surface area contributed by atoms with Gasteiger partial charge in [0.15, 0.2) is 10.8 Å². The Bertz CT molecular complexity index is 998. The molecule has 4 rings (SSSR count). The maximum absolute atomic E-state index is 12.0. The van der Waals surface area contributed by atoms with Gasteiger partial charge in [-0.25, -0.2) is 9.97 Å². The summed E-state index contributed by atoms with van der Waals surface area (Å²) in [5.41, 5.74) is 2.96. The number of aryl methyl sites for hydroxylation is 1. The summed E-state index contributed by atoms with van der Waals surface area (Å²) in [4.78, 5) is 24.1. The molecule has 0 bridgehead atoms. The number of hydrogen-bond acceptors (Lipinski definition) is 5. The van der Waals surface area contributed by atoms with Gasteiger partial charge in [-0.1, -0.05) is 23.9 Å². The highest BCUT2D eigenvalue weighted by molar-refractivity contribution is 7.98. The van der Waals surface area contributed by atoms with Crippen molar-refractivity contribution < 1.29 is 4.52 Å². The zero-order valence-electron chi connectivity index (χ0n) is 11.7. The second-order valence-corrected chi connectivity index (χ2v) is 5.90. The number of hydrogen-bond donors (Lipinski definition) is 1. The van der Waals surface area contributed by atoms with Crippen LogP contribution >= 0.6 is 11.8 Å². The van der Waals surface area contributed by atoms with Gasteiger partial charge in [0.1, 0.15) is 5.76 Å². The fourth-order valence-electron chi connectivity index (χ4n) is 2.29. The summed E-state index contributed by atoms with van der Waals surface area (Å²) < 4.78 is 6.47. The molecular weight excluding hydrogens is 300 g/mol. The molecule has 0 spiro atoms. The number of imidazole rings is 1. The first kappa shape index (κ1) is 13.1. The van der Waals surface area contributed by atoms with Gasteiger partial charge in [-0.3, -0.25) is 4.79 Å². The van der Waals surface area contributed by atoms with E-state index in [1.807, 2.05) is 24.3 Å². The predicted molar refractivity (Wildman–Crippen MR) is 84.1 cm³/mol. The van der Waals surface area contributed by atoms with Gasteiger partial charge in [-0.2, -0.15) is 0 Å². The van der Waals surface area contributed by atoms with E-state index in [9.17, 15) is 4.79 Å². The monoisotopic (exact) mass is 312 g/mol. The van der Waals surface area contributed by atoms with Crippen LogP contribution in [0.25, 0.3) is 16.7 Å². The minimum atomic E-state index is -0.210. The van der Waals surface area contributed by atoms with E-state index in [0.29, 0.717) is 22.9 Å². The van der Waals surface area contributed by atoms with Gasteiger partial charge in [0, 0.05) is 17.9 Å². The second-order valence-electron chi connectivity index (χ2n) is 4.93. The van der Waals surface area contributed by atoms with Crippen LogP contribution in [-0.2, 0) is 5.75 Å². The number of rotatable bonds is 3. The Morgan fingerprint density at radius 2 is 2.14 bits per heavy atom. The van der Waals surface area contributed by atoms with Crippen LogP contribution in [0.15, 0.2) is 50.9 Å². The minimum Gasteiger partial charge on any atom is -0.375 e. The summed E-state index contributed by atoms with van der Waals surface area (Å²) in [5.74, 6) is 1.22. The van der Waals surface area contributed by atoms with Crippen LogP contribution in [0.2, 0.25) is 0 Å². The molecule has 0 aliphatic carbocycles. The molecule has 3 aromatic heterocycles. The highest BCUT2D eigenvalue weighted by atomic mass is 32.2. The summed E-state index contributed by atoms with van der Waals surface area (Å²) in [6.45, 7) is 1.79. The molecule has 4 aromatic rings. The lowest BCUT2D eigenvalue weighted by molar-refractivity contribution is 0.344. The van der Waals surface area contributed by atoms with Crippen LogP contribution < -0.4 is 5.56 Å². The fraction of sp³-hybridized carbons (Fsp3) is 0.133. The third-order valence-electron chi connectivity index (χ3n) is 3.25. The Hall–Kier alpha value is -2.54. The summed E-state index contributed by atoms with van der Waals surface area (Å²) in [6, 6.07) is 11.1. The molecule has 3 heterocycles. The number of aromatic amines is 1. The quantitative estimate of drug-likeness (QED) is 0.589. The molecule has 1 aromatic carbocycles. The largest absolute Gasteiger partial charge is 0.375 e. The molecule has 110 valence electrons. The smallest absolute Gasteiger partial charge is 0.287 e. The van der Waals surface area contributed by atoms with Crippen LogP contribution in [0.5, 0.6) is 0 Å². The summed E-state index contributed by atoms with van der Waals surface area (Å²) in [5, 5.41) is 0.812. The molecule has 0 amide bonds. The van der Waals surface area contributed by atoms with E-state index in [0.717, 1.165) is 16.2 Å². The highest BCUT2D eigenvalue weighted by Gasteiger charge is 2.08. The van der Waals surface area contributed by atoms with Crippen LogP contribution in [-0.4, -0.2) is 19.5 Å². The SMILES string of the molecule is Cc1cc2nc(CSc3nc4ccccc4[nH]3)cc(=O)n2o1. The van der Waals surface area contributed by atoms with Gasteiger partial charge >= 0.3 is 0 Å². The van der Waals surface area contributed by atoms with Crippen LogP contribution in [0.3, 0.4) is 0 Å². The van der Waals surface area contributed by atoms with E-state index in [1.165, 1.54) is 22.4 Å². The van der Waals surface area contributed by atoms with Crippen LogP contribution in [0.4, 0.5) is 0 Å². The van der Waals surface area contributed by atoms with Crippen molar-refractivity contribution in [1.82, 2.24) is 19.5 Å². The lowest BCUT2D eigenvalue weighted by atomic mass is 10.3. The van der Waals surface area contributed by atoms with Gasteiger partial charge in [0.2, 0.25) is 0 Å². The van der Waals surface area contributed by atoms with Crippen molar-refractivity contribution >= 4 is 28.4 Å². The highest BCUT2D eigenvalue weighted by Crippen LogP contribution is 2.22. The maximum atomic E-state index is 12.0. The standard InChI is InChI=1S/C15H12N4O2S/c1-9-6-13-16-10(7-14(20)19(13)21-9)8-22-15-17-11-4-2-3-5-12(11)18-15/h2-7H,8H2,1H3,(H,17,18). The van der Waals surface area contributed by atoms with Crippen molar-refractivity contribution in [1.29, 1.82) is 0 Å². The number of H-pyrrole nitrogens is 1. The first-order valence-corrected chi connectivity index (χ1v) is 7.75. The van der Waals surface area contributed by atoms with E-state index in [-0.39, 0.29) is 5.56 Å². The number of nitrogens with one attached hydrogen (secondary N) is 1. The molecule has 7 heteroatoms. The Labute approximate surface area is 129 Å². The van der Waals surface area contributed by atoms with Crippen molar-refractivity contribution in [2.45, 2.75) is 17.8 Å². The Morgan fingerprint density at radius 1 is 1.27 bits per heavy atom. The molecule has 0 unspecified atom stereocenters. The first-order chi connectivity index (χ1) is 10.7. The van der Waals surface area contributed by atoms with E-state index in [4.69, 9.17) is 4.52 Å². The third kappa shape index (κ3) is 2.29. The molecular formula is C15H12N4O2S. The molecule has 0 saturated heterocycles. The Morgan fingerprint density at radius 3 is 3.00 bits per heavy atom. The Kier molecular flexibility index (Phi) is 3.00. The summed E-state index contributed by atoms with van der Waals surface area (Å²) in [6.07, 6.45) is 0. The summed E-state index contributed by atoms with van der Waals surface area (Å²) >= 11 is 1.52. The number of benzene rings is 1. The molecule has 0 fully saturated rings. The van der Waals surface area contributed by atoms with Crippen molar-refractivity contribution in [3.05, 3.63) is 58.2 Å². The topological polar surface area (TPSA) is 76.2 Å². The number of nitrogens with zero attached hydrogens (tertiary/aromatic N) is 3. The molecule has 0 saturated carbocycles. The number of para-hydroxylation sites is 2. The Balaban J connectivity index is 1.61. The lowest BCUT2D eigenvalue weighted by Gasteiger charge is -1.98. The van der Waals surface area contributed by atoms with Crippen molar-refractivity contribution in [3.63, 3.8) is 0 Å². The average molecular weight is 312 g/mol. The van der Waals surface area contributed by atoms with E-state index in [1.54, 1.807) is 13.0 Å². The first-order valence-electron chi connectivity index (χ1n) is 6.76. The normalized spacial score (nSPS) is 11.5. The third-order valence-corrected chi connectivity index (χ3v) is 4.16. The van der Waals surface area contributed by atoms with Crippen molar-refractivity contribution in [2.24, 2.45) is 0 Å². The second kappa shape index (κ2) is 5.03. The van der Waals surface area contributed by atoms with Crippen molar-refractivity contribution in [3.8, 4) is 0 Å². The number of thioether (sulfide) groups is 1. The molecule has 1 N–H and O–H groups in total. The van der Waals surface area contributed by atoms with Gasteiger partial charge in [0.05, 0.1) is 16.7 Å². The van der Waals surface area contributed by atoms with Gasteiger partial charge in [0.25, 0.3) is 5.56 Å². The molecule has 0 aliphatic heterocycles. The molecule has 0 radical (unpaired) electrons. The molecule has 22 heavy (non-hydrogen) atoms. The van der Waals surface area contributed by atoms with Crippen LogP contribution in [0, 0.1) is 6.92 Å². The zero-order valence-corrected chi connectivity index (χ0v) is 12.6. The van der Waals surface area contributed by atoms with Crippen LogP contribution in [0.1, 0.15) is 11.5 Å². The molecule has 0 aliphatic rings. The molecule has 0 atom stereocenters. The van der Waals surface area contributed by atoms with Gasteiger partial charge < -0.3 is 9.51 Å². The van der Waals surface area contributed by atoms with E-state index < -0.39 is 0 Å². The van der Waals surface area contributed by atoms with Gasteiger partial charge in [-0.15, -0.1) is 4.57 Å². The van der Waals surface area contributed by atoms with Gasteiger partial charge in [-0.05, 0) is 19.1 Å². The van der Waals surface area contributed by atoms with E-state index >= 15 is 0 Å². The molecule has 6 nitrogen and oxygen atoms in total. The summed E-state index contributed by atoms with van der Waals surface area (Å²) in [7, 11) is 0. The average Bonchev–Trinajstić information content (AvgIpc) is 3.07. The lowest BCUT2D eigenvalue weighted by Crippen LogP contribution is -2.12. The van der Waals surface area contributed by atoms with Crippen molar-refractivity contribution in [2.75, 3.05) is 0 Å². The fourth-order valence-corrected chi connectivity index (χ4v) is 3.07. The van der Waals surface area contributed by atoms with E-state index in [2.05, 4.69) is 15.0 Å².